The van der Waals surface area contributed by atoms with Crippen LogP contribution >= 0.6 is 0 Å². The number of hydrogen-bond acceptors (Lipinski definition) is 13. The lowest BCUT2D eigenvalue weighted by molar-refractivity contribution is -0.300. The number of likely N-dealkylation sites (tertiary alicyclic amines) is 1. The smallest absolute Gasteiger partial charge is 0.408 e. The number of nitrogens with zero attached hydrogens (tertiary/aromatic N) is 2. The van der Waals surface area contributed by atoms with Gasteiger partial charge < -0.3 is 49.4 Å². The topological polar surface area (TPSA) is 168 Å². The third kappa shape index (κ3) is 8.43. The summed E-state index contributed by atoms with van der Waals surface area (Å²) >= 11 is 0. The molecule has 0 radical (unpaired) electrons. The summed E-state index contributed by atoms with van der Waals surface area (Å²) in [6.45, 7) is 15.2. The molecule has 0 saturated carbocycles. The average Bonchev–Trinajstić information content (AvgIpc) is 3.40. The van der Waals surface area contributed by atoms with Gasteiger partial charge in [0.15, 0.2) is 17.7 Å². The van der Waals surface area contributed by atoms with Crippen LogP contribution in [-0.2, 0) is 33.3 Å². The number of likely N-dealkylation sites (N-methyl/N-ethyl adjacent to an activating group) is 1. The Morgan fingerprint density at radius 3 is 2.33 bits per heavy atom. The Balaban J connectivity index is 1.68. The van der Waals surface area contributed by atoms with E-state index in [2.05, 4.69) is 22.5 Å². The van der Waals surface area contributed by atoms with Crippen molar-refractivity contribution in [2.24, 2.45) is 17.8 Å². The van der Waals surface area contributed by atoms with Crippen LogP contribution in [0.1, 0.15) is 74.1 Å². The standard InChI is InChI=1S/C35H62N4O10/c1-11-26-35(12-2)29(37-33(44)49-35)22(6)36-15-19(3)14-34(7,45-10)30(20(4)27(41)21(5)31(43)47-26)48-32-28(42)25(38(8)9)13-24(46-32)18-39-16-23(40)17-39/h19-26,28-30,32,36,40,42H,11-18H2,1-10H3,(H,37,44)/t19-,20+,21?,22-,24?,25?,26-,28?,29-,30-,32?,34-,35-/m1/s1. The second kappa shape index (κ2) is 16.2. The number of aliphatic hydroxyl groups excluding tert-OH is 2. The number of alkyl carbamates (subject to hydrolysis) is 1. The number of fused-ring (bicyclic) bond motifs is 1. The van der Waals surface area contributed by atoms with Gasteiger partial charge in [0.2, 0.25) is 0 Å². The number of nitrogens with one attached hydrogen (secondary N) is 2. The number of hydrogen-bond donors (Lipinski definition) is 4. The van der Waals surface area contributed by atoms with Crippen molar-refractivity contribution in [3.63, 3.8) is 0 Å². The lowest BCUT2D eigenvalue weighted by atomic mass is 9.78. The number of amides is 1. The lowest BCUT2D eigenvalue weighted by Gasteiger charge is -2.48. The highest BCUT2D eigenvalue weighted by Gasteiger charge is 2.57. The zero-order valence-electron chi connectivity index (χ0n) is 31.1. The fourth-order valence-corrected chi connectivity index (χ4v) is 8.44. The maximum atomic E-state index is 14.3. The first-order chi connectivity index (χ1) is 23.0. The van der Waals surface area contributed by atoms with Crippen molar-refractivity contribution in [2.45, 2.75) is 140 Å². The van der Waals surface area contributed by atoms with Gasteiger partial charge in [0.05, 0.1) is 30.0 Å². The SMILES string of the molecule is CC[C@H]1OC(=O)C(C)C(=O)[C@H](C)[C@@H](OC2OC(CN3CC(O)C3)CC(N(C)C)C2O)[C@](C)(OC)C[C@@H](C)CN[C@H](C)[C@H]2NC(=O)O[C@@]21CC. The molecule has 282 valence electrons. The van der Waals surface area contributed by atoms with Crippen molar-refractivity contribution in [3.8, 4) is 0 Å². The van der Waals surface area contributed by atoms with E-state index in [1.165, 1.54) is 6.92 Å². The summed E-state index contributed by atoms with van der Waals surface area (Å²) < 4.78 is 31.3. The molecule has 0 aromatic heterocycles. The van der Waals surface area contributed by atoms with E-state index in [9.17, 15) is 24.6 Å². The number of β-amino-alcohol motifs (C(OH)–C–C–N with tert-alkyl or cyclic N) is 1. The molecular weight excluding hydrogens is 636 g/mol. The van der Waals surface area contributed by atoms with E-state index < -0.39 is 71.5 Å². The van der Waals surface area contributed by atoms with Gasteiger partial charge in [-0.05, 0) is 73.0 Å². The lowest BCUT2D eigenvalue weighted by Crippen LogP contribution is -2.61. The summed E-state index contributed by atoms with van der Waals surface area (Å²) in [5.41, 5.74) is -2.17. The molecule has 0 aliphatic carbocycles. The molecule has 4 aliphatic heterocycles. The van der Waals surface area contributed by atoms with E-state index in [1.54, 1.807) is 14.0 Å². The third-order valence-electron chi connectivity index (χ3n) is 11.5. The van der Waals surface area contributed by atoms with E-state index in [0.717, 1.165) is 0 Å². The molecule has 0 bridgehead atoms. The van der Waals surface area contributed by atoms with Gasteiger partial charge in [-0.1, -0.05) is 27.7 Å². The van der Waals surface area contributed by atoms with Crippen molar-refractivity contribution in [2.75, 3.05) is 47.4 Å². The maximum absolute atomic E-state index is 14.3. The fraction of sp³-hybridized carbons (Fsp3) is 0.914. The minimum Gasteiger partial charge on any atom is -0.457 e. The summed E-state index contributed by atoms with van der Waals surface area (Å²) in [4.78, 5) is 44.7. The number of rotatable bonds is 8. The number of ether oxygens (including phenoxy) is 5. The normalized spacial score (nSPS) is 43.5. The van der Waals surface area contributed by atoms with Gasteiger partial charge in [-0.15, -0.1) is 0 Å². The highest BCUT2D eigenvalue weighted by molar-refractivity contribution is 6.00. The van der Waals surface area contributed by atoms with E-state index in [1.807, 2.05) is 46.7 Å². The number of cyclic esters (lactones) is 1. The van der Waals surface area contributed by atoms with Crippen LogP contribution in [0.25, 0.3) is 0 Å². The van der Waals surface area contributed by atoms with Crippen molar-refractivity contribution in [3.05, 3.63) is 0 Å². The molecule has 0 spiro atoms. The molecule has 0 aromatic carbocycles. The average molecular weight is 699 g/mol. The Kier molecular flexibility index (Phi) is 13.2. The molecule has 4 N–H and O–H groups in total. The molecule has 5 unspecified atom stereocenters. The molecule has 4 rings (SSSR count). The van der Waals surface area contributed by atoms with Crippen molar-refractivity contribution >= 4 is 17.8 Å². The van der Waals surface area contributed by atoms with E-state index in [4.69, 9.17) is 23.7 Å². The number of ketones is 1. The van der Waals surface area contributed by atoms with Crippen LogP contribution in [0, 0.1) is 17.8 Å². The predicted molar refractivity (Wildman–Crippen MR) is 181 cm³/mol. The van der Waals surface area contributed by atoms with Crippen LogP contribution < -0.4 is 10.6 Å². The Morgan fingerprint density at radius 1 is 1.08 bits per heavy atom. The minimum atomic E-state index is -1.16. The summed E-state index contributed by atoms with van der Waals surface area (Å²) in [5.74, 6) is -3.13. The quantitative estimate of drug-likeness (QED) is 0.212. The summed E-state index contributed by atoms with van der Waals surface area (Å²) in [6, 6.07) is -1.02. The molecular formula is C35H62N4O10. The van der Waals surface area contributed by atoms with Crippen LogP contribution in [0.15, 0.2) is 0 Å². The molecule has 1 amide bonds. The van der Waals surface area contributed by atoms with Crippen molar-refractivity contribution in [1.82, 2.24) is 20.4 Å². The minimum absolute atomic E-state index is 0.00886. The molecule has 14 heteroatoms. The van der Waals surface area contributed by atoms with Crippen LogP contribution in [0.5, 0.6) is 0 Å². The second-order valence-electron chi connectivity index (χ2n) is 15.4. The van der Waals surface area contributed by atoms with E-state index in [-0.39, 0.29) is 30.2 Å². The van der Waals surface area contributed by atoms with Crippen LogP contribution in [-0.4, -0.2) is 151 Å². The van der Waals surface area contributed by atoms with Crippen LogP contribution in [0.3, 0.4) is 0 Å². The highest BCUT2D eigenvalue weighted by atomic mass is 16.7. The monoisotopic (exact) mass is 698 g/mol. The Hall–Kier alpha value is -1.91. The number of esters is 1. The first kappa shape index (κ1) is 39.9. The van der Waals surface area contributed by atoms with E-state index >= 15 is 0 Å². The zero-order chi connectivity index (χ0) is 36.4. The Morgan fingerprint density at radius 2 is 1.76 bits per heavy atom. The van der Waals surface area contributed by atoms with Gasteiger partial charge >= 0.3 is 12.1 Å². The largest absolute Gasteiger partial charge is 0.457 e. The molecule has 49 heavy (non-hydrogen) atoms. The molecule has 4 heterocycles. The van der Waals surface area contributed by atoms with Gasteiger partial charge in [-0.2, -0.15) is 0 Å². The maximum Gasteiger partial charge on any atom is 0.408 e. The first-order valence-electron chi connectivity index (χ1n) is 18.1. The van der Waals surface area contributed by atoms with Gasteiger partial charge in [0, 0.05) is 44.7 Å². The van der Waals surface area contributed by atoms with Crippen molar-refractivity contribution < 1.29 is 48.3 Å². The van der Waals surface area contributed by atoms with Gasteiger partial charge in [0.25, 0.3) is 0 Å². The number of carbonyl (C=O) groups excluding carboxylic acids is 3. The predicted octanol–water partition coefficient (Wildman–Crippen LogP) is 1.30. The van der Waals surface area contributed by atoms with Crippen LogP contribution in [0.4, 0.5) is 4.79 Å². The molecule has 4 aliphatic rings. The fourth-order valence-electron chi connectivity index (χ4n) is 8.44. The van der Waals surface area contributed by atoms with Gasteiger partial charge in [-0.25, -0.2) is 4.79 Å². The number of aliphatic hydroxyl groups is 2. The molecule has 14 nitrogen and oxygen atoms in total. The first-order valence-corrected chi connectivity index (χ1v) is 18.1. The summed E-state index contributed by atoms with van der Waals surface area (Å²) in [7, 11) is 5.37. The zero-order valence-corrected chi connectivity index (χ0v) is 31.1. The summed E-state index contributed by atoms with van der Waals surface area (Å²) in [6.07, 6.45) is -3.22. The van der Waals surface area contributed by atoms with Gasteiger partial charge in [-0.3, -0.25) is 14.5 Å². The highest BCUT2D eigenvalue weighted by Crippen LogP contribution is 2.39. The molecule has 13 atom stereocenters. The summed E-state index contributed by atoms with van der Waals surface area (Å²) in [5, 5.41) is 27.9. The molecule has 4 saturated heterocycles. The Bertz CT molecular complexity index is 1160. The molecule has 0 aromatic rings. The number of carbonyl (C=O) groups is 3. The van der Waals surface area contributed by atoms with Crippen LogP contribution in [0.2, 0.25) is 0 Å². The second-order valence-corrected chi connectivity index (χ2v) is 15.4. The number of methoxy groups -OCH3 is 1. The van der Waals surface area contributed by atoms with E-state index in [0.29, 0.717) is 51.9 Å². The van der Waals surface area contributed by atoms with Gasteiger partial charge in [0.1, 0.15) is 18.1 Å². The Labute approximate surface area is 291 Å². The number of Topliss-reactive ketones (excluding diaryl/α,β-unsaturated/α-hetero) is 1. The van der Waals surface area contributed by atoms with Crippen molar-refractivity contribution in [1.29, 1.82) is 0 Å². The third-order valence-corrected chi connectivity index (χ3v) is 11.5. The molecule has 4 fully saturated rings.